The summed E-state index contributed by atoms with van der Waals surface area (Å²) in [5, 5.41) is 0. The van der Waals surface area contributed by atoms with Crippen LogP contribution in [0.1, 0.15) is 33.6 Å². The average molecular weight is 254 g/mol. The second-order valence-electron chi connectivity index (χ2n) is 3.97. The van der Waals surface area contributed by atoms with Crippen molar-refractivity contribution in [2.45, 2.75) is 40.2 Å². The number of anilines is 1. The van der Waals surface area contributed by atoms with Gasteiger partial charge in [-0.2, -0.15) is 4.98 Å². The number of nitrogens with one attached hydrogen (secondary N) is 1. The number of hydrogen-bond donors (Lipinski definition) is 1. The van der Waals surface area contributed by atoms with Crippen molar-refractivity contribution in [3.63, 3.8) is 0 Å². The van der Waals surface area contributed by atoms with Crippen molar-refractivity contribution in [2.24, 2.45) is 0 Å². The van der Waals surface area contributed by atoms with Gasteiger partial charge in [-0.1, -0.05) is 13.8 Å². The molecule has 0 bridgehead atoms. The first kappa shape index (κ1) is 14.1. The molecule has 1 N–H and O–H groups in total. The molecule has 0 aromatic carbocycles. The highest BCUT2D eigenvalue weighted by atomic mass is 16.2. The smallest absolute Gasteiger partial charge is 0.282 e. The molecule has 0 aliphatic heterocycles. The third-order valence-electron chi connectivity index (χ3n) is 2.43. The zero-order chi connectivity index (χ0) is 13.7. The normalized spacial score (nSPS) is 10.4. The first-order chi connectivity index (χ1) is 8.51. The maximum Gasteiger partial charge on any atom is 0.354 e. The van der Waals surface area contributed by atoms with Crippen LogP contribution >= 0.6 is 0 Å². The number of hydrogen-bond acceptors (Lipinski definition) is 4. The first-order valence-electron chi connectivity index (χ1n) is 6.00. The van der Waals surface area contributed by atoms with E-state index in [4.69, 9.17) is 0 Å². The molecule has 0 saturated heterocycles. The van der Waals surface area contributed by atoms with Gasteiger partial charge in [0, 0.05) is 20.0 Å². The minimum absolute atomic E-state index is 0.0201. The van der Waals surface area contributed by atoms with E-state index in [9.17, 15) is 14.4 Å². The highest BCUT2D eigenvalue weighted by molar-refractivity contribution is 5.89. The van der Waals surface area contributed by atoms with Gasteiger partial charge in [0.25, 0.3) is 0 Å². The molecule has 1 rings (SSSR count). The Bertz CT molecular complexity index is 501. The maximum atomic E-state index is 11.7. The average Bonchev–Trinajstić information content (AvgIpc) is 2.30. The molecule has 0 saturated carbocycles. The lowest BCUT2D eigenvalue weighted by Crippen LogP contribution is -2.41. The zero-order valence-electron chi connectivity index (χ0n) is 10.9. The van der Waals surface area contributed by atoms with Crippen molar-refractivity contribution in [2.75, 3.05) is 11.4 Å². The summed E-state index contributed by atoms with van der Waals surface area (Å²) in [7, 11) is 0. The van der Waals surface area contributed by atoms with Crippen LogP contribution in [0.2, 0.25) is 0 Å². The third-order valence-corrected chi connectivity index (χ3v) is 2.43. The molecule has 1 amide bonds. The second-order valence-corrected chi connectivity index (χ2v) is 3.97. The van der Waals surface area contributed by atoms with Gasteiger partial charge < -0.3 is 0 Å². The molecule has 18 heavy (non-hydrogen) atoms. The number of aromatic nitrogens is 3. The van der Waals surface area contributed by atoms with E-state index in [1.165, 1.54) is 11.8 Å². The lowest BCUT2D eigenvalue weighted by Gasteiger charge is -2.18. The number of rotatable bonds is 5. The van der Waals surface area contributed by atoms with Crippen molar-refractivity contribution >= 4 is 11.9 Å². The van der Waals surface area contributed by atoms with Gasteiger partial charge >= 0.3 is 11.4 Å². The summed E-state index contributed by atoms with van der Waals surface area (Å²) in [6.07, 6.45) is 1.37. The fourth-order valence-corrected chi connectivity index (χ4v) is 1.61. The highest BCUT2D eigenvalue weighted by Crippen LogP contribution is 2.03. The molecule has 0 aliphatic carbocycles. The molecule has 0 unspecified atom stereocenters. The van der Waals surface area contributed by atoms with Crippen molar-refractivity contribution in [1.82, 2.24) is 14.5 Å². The Morgan fingerprint density at radius 1 is 1.33 bits per heavy atom. The Morgan fingerprint density at radius 2 is 2.00 bits per heavy atom. The molecule has 1 aromatic heterocycles. The minimum atomic E-state index is -0.627. The summed E-state index contributed by atoms with van der Waals surface area (Å²) in [6.45, 7) is 5.85. The fraction of sp³-hybridized carbons (Fsp3) is 0.636. The molecule has 0 spiro atoms. The van der Waals surface area contributed by atoms with E-state index >= 15 is 0 Å². The monoisotopic (exact) mass is 254 g/mol. The molecule has 0 atom stereocenters. The van der Waals surface area contributed by atoms with Crippen LogP contribution in [0.5, 0.6) is 0 Å². The predicted octanol–water partition coefficient (Wildman–Crippen LogP) is 0.104. The SMILES string of the molecule is CCCN(C(C)=O)c1nc(=O)n(CCC)c(=O)[nH]1. The van der Waals surface area contributed by atoms with E-state index in [0.717, 1.165) is 4.57 Å². The summed E-state index contributed by atoms with van der Waals surface area (Å²) in [6, 6.07) is 0. The van der Waals surface area contributed by atoms with Gasteiger partial charge in [0.05, 0.1) is 0 Å². The Morgan fingerprint density at radius 3 is 2.44 bits per heavy atom. The Kier molecular flexibility index (Phi) is 4.82. The van der Waals surface area contributed by atoms with Crippen LogP contribution in [0.4, 0.5) is 5.95 Å². The van der Waals surface area contributed by atoms with Gasteiger partial charge in [0.2, 0.25) is 11.9 Å². The Labute approximate surface area is 104 Å². The molecule has 1 heterocycles. The van der Waals surface area contributed by atoms with Gasteiger partial charge in [-0.05, 0) is 12.8 Å². The van der Waals surface area contributed by atoms with Crippen LogP contribution in [0.25, 0.3) is 0 Å². The van der Waals surface area contributed by atoms with E-state index < -0.39 is 11.4 Å². The lowest BCUT2D eigenvalue weighted by atomic mass is 10.4. The number of carbonyl (C=O) groups excluding carboxylic acids is 1. The molecule has 7 heteroatoms. The molecular formula is C11H18N4O3. The van der Waals surface area contributed by atoms with Gasteiger partial charge in [0.15, 0.2) is 0 Å². The van der Waals surface area contributed by atoms with Gasteiger partial charge in [-0.15, -0.1) is 0 Å². The molecule has 0 radical (unpaired) electrons. The fourth-order valence-electron chi connectivity index (χ4n) is 1.61. The standard InChI is InChI=1S/C11H18N4O3/c1-4-6-14(8(3)16)9-12-10(17)15(7-5-2)11(18)13-9/h4-7H2,1-3H3,(H,12,13,17,18). The number of amides is 1. The molecule has 0 aliphatic rings. The highest BCUT2D eigenvalue weighted by Gasteiger charge is 2.15. The summed E-state index contributed by atoms with van der Waals surface area (Å²) < 4.78 is 1.02. The number of H-pyrrole nitrogens is 1. The second kappa shape index (κ2) is 6.13. The summed E-state index contributed by atoms with van der Waals surface area (Å²) in [5.74, 6) is -0.237. The molecule has 7 nitrogen and oxygen atoms in total. The van der Waals surface area contributed by atoms with Gasteiger partial charge in [-0.3, -0.25) is 14.7 Å². The van der Waals surface area contributed by atoms with E-state index in [-0.39, 0.29) is 11.9 Å². The van der Waals surface area contributed by atoms with E-state index in [2.05, 4.69) is 9.97 Å². The van der Waals surface area contributed by atoms with Crippen LogP contribution in [-0.4, -0.2) is 27.0 Å². The molecule has 1 aromatic rings. The number of nitrogens with zero attached hydrogens (tertiary/aromatic N) is 3. The van der Waals surface area contributed by atoms with Crippen molar-refractivity contribution in [1.29, 1.82) is 0 Å². The van der Waals surface area contributed by atoms with Crippen LogP contribution in [0.15, 0.2) is 9.59 Å². The maximum absolute atomic E-state index is 11.7. The Hall–Kier alpha value is -1.92. The van der Waals surface area contributed by atoms with Crippen LogP contribution < -0.4 is 16.3 Å². The van der Waals surface area contributed by atoms with E-state index in [1.54, 1.807) is 0 Å². The topological polar surface area (TPSA) is 88.1 Å². The predicted molar refractivity (Wildman–Crippen MR) is 67.7 cm³/mol. The van der Waals surface area contributed by atoms with Crippen LogP contribution in [-0.2, 0) is 11.3 Å². The minimum Gasteiger partial charge on any atom is -0.282 e. The largest absolute Gasteiger partial charge is 0.354 e. The summed E-state index contributed by atoms with van der Waals surface area (Å²) in [5.41, 5.74) is -1.16. The van der Waals surface area contributed by atoms with Crippen molar-refractivity contribution < 1.29 is 4.79 Å². The number of aromatic amines is 1. The molecular weight excluding hydrogens is 236 g/mol. The zero-order valence-corrected chi connectivity index (χ0v) is 10.9. The van der Waals surface area contributed by atoms with Gasteiger partial charge in [0.1, 0.15) is 0 Å². The van der Waals surface area contributed by atoms with Crippen LogP contribution in [0.3, 0.4) is 0 Å². The van der Waals surface area contributed by atoms with Crippen molar-refractivity contribution in [3.05, 3.63) is 21.0 Å². The first-order valence-corrected chi connectivity index (χ1v) is 6.00. The van der Waals surface area contributed by atoms with Gasteiger partial charge in [-0.25, -0.2) is 14.2 Å². The summed E-state index contributed by atoms with van der Waals surface area (Å²) in [4.78, 5) is 42.3. The quantitative estimate of drug-likeness (QED) is 0.807. The Balaban J connectivity index is 3.23. The van der Waals surface area contributed by atoms with E-state index in [1.807, 2.05) is 13.8 Å². The third kappa shape index (κ3) is 3.06. The van der Waals surface area contributed by atoms with E-state index in [0.29, 0.717) is 25.9 Å². The summed E-state index contributed by atoms with van der Waals surface area (Å²) >= 11 is 0. The lowest BCUT2D eigenvalue weighted by molar-refractivity contribution is -0.116. The molecule has 0 fully saturated rings. The van der Waals surface area contributed by atoms with Crippen LogP contribution in [0, 0.1) is 0 Å². The number of carbonyl (C=O) groups is 1. The van der Waals surface area contributed by atoms with Crippen molar-refractivity contribution in [3.8, 4) is 0 Å². The molecule has 100 valence electrons.